The molecule has 0 aliphatic carbocycles. The Morgan fingerprint density at radius 2 is 2.25 bits per heavy atom. The van der Waals surface area contributed by atoms with Crippen molar-refractivity contribution < 1.29 is 9.90 Å². The van der Waals surface area contributed by atoms with Gasteiger partial charge in [-0.25, -0.2) is 0 Å². The molecule has 1 aromatic carbocycles. The molecule has 0 bridgehead atoms. The first kappa shape index (κ1) is 16.2. The van der Waals surface area contributed by atoms with Crippen molar-refractivity contribution in [1.29, 1.82) is 0 Å². The second kappa shape index (κ2) is 9.13. The molecule has 20 heavy (non-hydrogen) atoms. The lowest BCUT2D eigenvalue weighted by molar-refractivity contribution is -0.122. The summed E-state index contributed by atoms with van der Waals surface area (Å²) in [4.78, 5) is 13.6. The van der Waals surface area contributed by atoms with E-state index in [4.69, 9.17) is 5.11 Å². The van der Waals surface area contributed by atoms with Gasteiger partial charge < -0.3 is 10.4 Å². The summed E-state index contributed by atoms with van der Waals surface area (Å²) in [6.45, 7) is 3.68. The molecule has 0 saturated heterocycles. The molecule has 2 N–H and O–H groups in total. The Bertz CT molecular complexity index is 489. The first-order valence-corrected chi connectivity index (χ1v) is 6.79. The zero-order chi connectivity index (χ0) is 14.8. The summed E-state index contributed by atoms with van der Waals surface area (Å²) >= 11 is 0. The standard InChI is InChI=1S/C16H22N2O2/c1-3-9-17-16(20)13-18(2)12-15-7-4-6-14(11-15)8-5-10-19/h4,6-7,11,19H,3,9-10,12-13H2,1-2H3,(H,17,20). The van der Waals surface area contributed by atoms with E-state index in [1.165, 1.54) is 0 Å². The number of amides is 1. The van der Waals surface area contributed by atoms with Gasteiger partial charge in [-0.15, -0.1) is 0 Å². The predicted molar refractivity (Wildman–Crippen MR) is 80.0 cm³/mol. The second-order valence-corrected chi connectivity index (χ2v) is 4.68. The SMILES string of the molecule is CCCNC(=O)CN(C)Cc1cccc(C#CCO)c1. The molecule has 1 aromatic rings. The first-order chi connectivity index (χ1) is 9.65. The fraction of sp³-hybridized carbons (Fsp3) is 0.438. The number of aliphatic hydroxyl groups is 1. The number of hydrogen-bond acceptors (Lipinski definition) is 3. The minimum atomic E-state index is -0.137. The summed E-state index contributed by atoms with van der Waals surface area (Å²) in [6, 6.07) is 7.81. The van der Waals surface area contributed by atoms with E-state index in [1.54, 1.807) is 0 Å². The lowest BCUT2D eigenvalue weighted by Gasteiger charge is -2.16. The van der Waals surface area contributed by atoms with Gasteiger partial charge in [-0.05, 0) is 31.2 Å². The van der Waals surface area contributed by atoms with Crippen LogP contribution >= 0.6 is 0 Å². The van der Waals surface area contributed by atoms with E-state index in [0.717, 1.165) is 24.1 Å². The molecular weight excluding hydrogens is 252 g/mol. The highest BCUT2D eigenvalue weighted by Gasteiger charge is 2.06. The van der Waals surface area contributed by atoms with Gasteiger partial charge in [-0.3, -0.25) is 9.69 Å². The topological polar surface area (TPSA) is 52.6 Å². The van der Waals surface area contributed by atoms with Crippen LogP contribution in [0.2, 0.25) is 0 Å². The molecule has 1 rings (SSSR count). The van der Waals surface area contributed by atoms with Gasteiger partial charge in [-0.2, -0.15) is 0 Å². The van der Waals surface area contributed by atoms with Gasteiger partial charge in [0, 0.05) is 18.7 Å². The van der Waals surface area contributed by atoms with Crippen LogP contribution in [0, 0.1) is 11.8 Å². The van der Waals surface area contributed by atoms with Crippen molar-refractivity contribution in [3.8, 4) is 11.8 Å². The van der Waals surface area contributed by atoms with E-state index in [-0.39, 0.29) is 12.5 Å². The highest BCUT2D eigenvalue weighted by Crippen LogP contribution is 2.06. The van der Waals surface area contributed by atoms with E-state index in [1.807, 2.05) is 43.1 Å². The summed E-state index contributed by atoms with van der Waals surface area (Å²) in [5.41, 5.74) is 1.97. The molecular formula is C16H22N2O2. The van der Waals surface area contributed by atoms with Crippen molar-refractivity contribution in [2.75, 3.05) is 26.7 Å². The number of nitrogens with one attached hydrogen (secondary N) is 1. The van der Waals surface area contributed by atoms with Crippen LogP contribution in [0.3, 0.4) is 0 Å². The van der Waals surface area contributed by atoms with Crippen LogP contribution in [0.1, 0.15) is 24.5 Å². The van der Waals surface area contributed by atoms with Crippen LogP contribution in [0.4, 0.5) is 0 Å². The van der Waals surface area contributed by atoms with Gasteiger partial charge in [0.1, 0.15) is 6.61 Å². The molecule has 4 nitrogen and oxygen atoms in total. The van der Waals surface area contributed by atoms with Crippen molar-refractivity contribution in [2.45, 2.75) is 19.9 Å². The molecule has 0 radical (unpaired) electrons. The molecule has 4 heteroatoms. The summed E-state index contributed by atoms with van der Waals surface area (Å²) in [6.07, 6.45) is 0.945. The maximum atomic E-state index is 11.6. The molecule has 0 atom stereocenters. The summed E-state index contributed by atoms with van der Waals surface area (Å²) < 4.78 is 0. The predicted octanol–water partition coefficient (Wildman–Crippen LogP) is 0.988. The molecule has 0 heterocycles. The first-order valence-electron chi connectivity index (χ1n) is 6.79. The van der Waals surface area contributed by atoms with Crippen LogP contribution in [0.5, 0.6) is 0 Å². The highest BCUT2D eigenvalue weighted by molar-refractivity contribution is 5.77. The Balaban J connectivity index is 2.53. The number of likely N-dealkylation sites (N-methyl/N-ethyl adjacent to an activating group) is 1. The van der Waals surface area contributed by atoms with Crippen LogP contribution in [-0.2, 0) is 11.3 Å². The molecule has 0 aliphatic rings. The second-order valence-electron chi connectivity index (χ2n) is 4.68. The number of nitrogens with zero attached hydrogens (tertiary/aromatic N) is 1. The molecule has 0 spiro atoms. The quantitative estimate of drug-likeness (QED) is 0.761. The van der Waals surface area contributed by atoms with Crippen molar-refractivity contribution in [1.82, 2.24) is 10.2 Å². The van der Waals surface area contributed by atoms with Crippen LogP contribution < -0.4 is 5.32 Å². The minimum Gasteiger partial charge on any atom is -0.384 e. The molecule has 1 amide bonds. The molecule has 0 saturated carbocycles. The number of rotatable bonds is 6. The van der Waals surface area contributed by atoms with Gasteiger partial charge in [0.2, 0.25) is 5.91 Å². The largest absolute Gasteiger partial charge is 0.384 e. The monoisotopic (exact) mass is 274 g/mol. The summed E-state index contributed by atoms with van der Waals surface area (Å²) in [7, 11) is 1.91. The van der Waals surface area contributed by atoms with Gasteiger partial charge in [0.15, 0.2) is 0 Å². The molecule has 0 aliphatic heterocycles. The number of aliphatic hydroxyl groups excluding tert-OH is 1. The van der Waals surface area contributed by atoms with Crippen molar-refractivity contribution in [3.05, 3.63) is 35.4 Å². The number of hydrogen-bond donors (Lipinski definition) is 2. The fourth-order valence-corrected chi connectivity index (χ4v) is 1.82. The van der Waals surface area contributed by atoms with E-state index in [9.17, 15) is 4.79 Å². The Labute approximate surface area is 120 Å². The summed E-state index contributed by atoms with van der Waals surface area (Å²) in [5.74, 6) is 5.55. The summed E-state index contributed by atoms with van der Waals surface area (Å²) in [5, 5.41) is 11.5. The average molecular weight is 274 g/mol. The Kier molecular flexibility index (Phi) is 7.41. The van der Waals surface area contributed by atoms with Gasteiger partial charge in [0.05, 0.1) is 6.54 Å². The number of carbonyl (C=O) groups is 1. The van der Waals surface area contributed by atoms with Crippen molar-refractivity contribution in [3.63, 3.8) is 0 Å². The van der Waals surface area contributed by atoms with Crippen LogP contribution in [0.25, 0.3) is 0 Å². The van der Waals surface area contributed by atoms with E-state index < -0.39 is 0 Å². The third-order valence-corrected chi connectivity index (χ3v) is 2.68. The lowest BCUT2D eigenvalue weighted by atomic mass is 10.1. The normalized spacial score (nSPS) is 10.0. The van der Waals surface area contributed by atoms with Gasteiger partial charge in [0.25, 0.3) is 0 Å². The fourth-order valence-electron chi connectivity index (χ4n) is 1.82. The van der Waals surface area contributed by atoms with Crippen LogP contribution in [-0.4, -0.2) is 42.7 Å². The highest BCUT2D eigenvalue weighted by atomic mass is 16.2. The number of benzene rings is 1. The van der Waals surface area contributed by atoms with Gasteiger partial charge in [-0.1, -0.05) is 30.9 Å². The van der Waals surface area contributed by atoms with Crippen LogP contribution in [0.15, 0.2) is 24.3 Å². The molecule has 0 fully saturated rings. The van der Waals surface area contributed by atoms with Gasteiger partial charge >= 0.3 is 0 Å². The van der Waals surface area contributed by atoms with E-state index >= 15 is 0 Å². The smallest absolute Gasteiger partial charge is 0.234 e. The molecule has 0 unspecified atom stereocenters. The Morgan fingerprint density at radius 3 is 2.95 bits per heavy atom. The Hall–Kier alpha value is -1.83. The lowest BCUT2D eigenvalue weighted by Crippen LogP contribution is -2.35. The average Bonchev–Trinajstić information content (AvgIpc) is 2.43. The molecule has 0 aromatic heterocycles. The Morgan fingerprint density at radius 1 is 1.45 bits per heavy atom. The third kappa shape index (κ3) is 6.37. The number of carbonyl (C=O) groups excluding carboxylic acids is 1. The maximum Gasteiger partial charge on any atom is 0.234 e. The van der Waals surface area contributed by atoms with Crippen molar-refractivity contribution >= 4 is 5.91 Å². The zero-order valence-corrected chi connectivity index (χ0v) is 12.1. The van der Waals surface area contributed by atoms with E-state index in [0.29, 0.717) is 13.1 Å². The van der Waals surface area contributed by atoms with E-state index in [2.05, 4.69) is 17.2 Å². The molecule has 108 valence electrons. The minimum absolute atomic E-state index is 0.0468. The van der Waals surface area contributed by atoms with Crippen molar-refractivity contribution in [2.24, 2.45) is 0 Å². The third-order valence-electron chi connectivity index (χ3n) is 2.68. The zero-order valence-electron chi connectivity index (χ0n) is 12.1. The maximum absolute atomic E-state index is 11.6.